The van der Waals surface area contributed by atoms with Gasteiger partial charge in [0, 0.05) is 16.3 Å². The number of benzene rings is 1. The van der Waals surface area contributed by atoms with Crippen molar-refractivity contribution in [1.29, 1.82) is 0 Å². The van der Waals surface area contributed by atoms with Gasteiger partial charge in [-0.15, -0.1) is 0 Å². The number of halogens is 3. The molecule has 11 heavy (non-hydrogen) atoms. The molecule has 0 fully saturated rings. The maximum absolute atomic E-state index is 12.1. The van der Waals surface area contributed by atoms with E-state index in [1.165, 1.54) is 18.2 Å². The summed E-state index contributed by atoms with van der Waals surface area (Å²) in [6.07, 6.45) is -2.56. The second kappa shape index (κ2) is 3.05. The SMILES string of the molecule is Nc1ccc(Cl)c(C(F)F)c1. The van der Waals surface area contributed by atoms with Gasteiger partial charge in [0.25, 0.3) is 6.43 Å². The maximum Gasteiger partial charge on any atom is 0.265 e. The quantitative estimate of drug-likeness (QED) is 0.656. The molecule has 0 aliphatic rings. The van der Waals surface area contributed by atoms with Crippen LogP contribution in [0.2, 0.25) is 5.02 Å². The van der Waals surface area contributed by atoms with Crippen molar-refractivity contribution < 1.29 is 8.78 Å². The summed E-state index contributed by atoms with van der Waals surface area (Å²) in [6.45, 7) is 0. The minimum atomic E-state index is -2.56. The Labute approximate surface area is 67.8 Å². The number of nitrogen functional groups attached to an aromatic ring is 1. The third-order valence-corrected chi connectivity index (χ3v) is 1.60. The summed E-state index contributed by atoms with van der Waals surface area (Å²) in [5.41, 5.74) is 5.35. The molecule has 0 spiro atoms. The molecular weight excluding hydrogens is 172 g/mol. The minimum absolute atomic E-state index is 0.0502. The molecule has 60 valence electrons. The Morgan fingerprint density at radius 2 is 2.00 bits per heavy atom. The molecule has 1 nitrogen and oxygen atoms in total. The van der Waals surface area contributed by atoms with E-state index in [0.29, 0.717) is 5.69 Å². The molecule has 0 saturated carbocycles. The van der Waals surface area contributed by atoms with Crippen molar-refractivity contribution in [1.82, 2.24) is 0 Å². The standard InChI is InChI=1S/C7H6ClF2N/c8-6-2-1-4(11)3-5(6)7(9)10/h1-3,7H,11H2. The molecule has 4 heteroatoms. The molecule has 0 atom stereocenters. The first-order chi connectivity index (χ1) is 5.11. The fourth-order valence-electron chi connectivity index (χ4n) is 0.729. The highest BCUT2D eigenvalue weighted by atomic mass is 35.5. The van der Waals surface area contributed by atoms with Crippen molar-refractivity contribution in [3.05, 3.63) is 28.8 Å². The molecule has 1 aromatic rings. The van der Waals surface area contributed by atoms with Gasteiger partial charge in [-0.2, -0.15) is 0 Å². The highest BCUT2D eigenvalue weighted by Gasteiger charge is 2.10. The van der Waals surface area contributed by atoms with Gasteiger partial charge in [0.2, 0.25) is 0 Å². The molecule has 0 amide bonds. The zero-order valence-corrected chi connectivity index (χ0v) is 6.28. The summed E-state index contributed by atoms with van der Waals surface area (Å²) in [5, 5.41) is 0.0502. The Bertz CT molecular complexity index is 263. The van der Waals surface area contributed by atoms with Crippen LogP contribution in [0.25, 0.3) is 0 Å². The van der Waals surface area contributed by atoms with Crippen molar-refractivity contribution >= 4 is 17.3 Å². The summed E-state index contributed by atoms with van der Waals surface area (Å²) in [7, 11) is 0. The van der Waals surface area contributed by atoms with E-state index in [0.717, 1.165) is 0 Å². The Morgan fingerprint density at radius 3 is 2.45 bits per heavy atom. The number of rotatable bonds is 1. The van der Waals surface area contributed by atoms with Gasteiger partial charge in [0.15, 0.2) is 0 Å². The lowest BCUT2D eigenvalue weighted by Crippen LogP contribution is -1.90. The molecule has 1 rings (SSSR count). The zero-order valence-electron chi connectivity index (χ0n) is 5.52. The topological polar surface area (TPSA) is 26.0 Å². The van der Waals surface area contributed by atoms with Crippen LogP contribution in [0.3, 0.4) is 0 Å². The highest BCUT2D eigenvalue weighted by molar-refractivity contribution is 6.31. The number of anilines is 1. The van der Waals surface area contributed by atoms with Gasteiger partial charge >= 0.3 is 0 Å². The minimum Gasteiger partial charge on any atom is -0.399 e. The molecule has 0 bridgehead atoms. The van der Waals surface area contributed by atoms with E-state index in [1.807, 2.05) is 0 Å². The van der Waals surface area contributed by atoms with Gasteiger partial charge in [-0.05, 0) is 18.2 Å². The van der Waals surface area contributed by atoms with E-state index in [4.69, 9.17) is 17.3 Å². The third-order valence-electron chi connectivity index (χ3n) is 1.26. The monoisotopic (exact) mass is 177 g/mol. The van der Waals surface area contributed by atoms with Crippen LogP contribution >= 0.6 is 11.6 Å². The normalized spacial score (nSPS) is 10.5. The predicted molar refractivity (Wildman–Crippen MR) is 40.8 cm³/mol. The van der Waals surface area contributed by atoms with Crippen LogP contribution in [0.5, 0.6) is 0 Å². The molecule has 0 aliphatic heterocycles. The molecule has 0 saturated heterocycles. The summed E-state index contributed by atoms with van der Waals surface area (Å²) >= 11 is 5.46. The Hall–Kier alpha value is -0.830. The second-order valence-electron chi connectivity index (χ2n) is 2.08. The smallest absolute Gasteiger partial charge is 0.265 e. The van der Waals surface area contributed by atoms with Crippen LogP contribution in [0.4, 0.5) is 14.5 Å². The zero-order chi connectivity index (χ0) is 8.43. The molecular formula is C7H6ClF2N. The Kier molecular flexibility index (Phi) is 2.29. The summed E-state index contributed by atoms with van der Waals surface area (Å²) < 4.78 is 24.1. The van der Waals surface area contributed by atoms with Gasteiger partial charge in [-0.25, -0.2) is 8.78 Å². The molecule has 1 aromatic carbocycles. The fraction of sp³-hybridized carbons (Fsp3) is 0.143. The maximum atomic E-state index is 12.1. The van der Waals surface area contributed by atoms with E-state index in [-0.39, 0.29) is 10.6 Å². The van der Waals surface area contributed by atoms with E-state index in [2.05, 4.69) is 0 Å². The average Bonchev–Trinajstić information content (AvgIpc) is 1.94. The van der Waals surface area contributed by atoms with Gasteiger partial charge < -0.3 is 5.73 Å². The summed E-state index contributed by atoms with van der Waals surface area (Å²) in [4.78, 5) is 0. The van der Waals surface area contributed by atoms with Crippen molar-refractivity contribution in [2.24, 2.45) is 0 Å². The first-order valence-electron chi connectivity index (χ1n) is 2.94. The lowest BCUT2D eigenvalue weighted by atomic mass is 10.2. The first-order valence-corrected chi connectivity index (χ1v) is 3.32. The Balaban J connectivity index is 3.13. The highest BCUT2D eigenvalue weighted by Crippen LogP contribution is 2.28. The van der Waals surface area contributed by atoms with Gasteiger partial charge in [-0.3, -0.25) is 0 Å². The lowest BCUT2D eigenvalue weighted by Gasteiger charge is -2.02. The van der Waals surface area contributed by atoms with Crippen molar-refractivity contribution in [2.75, 3.05) is 5.73 Å². The van der Waals surface area contributed by atoms with E-state index < -0.39 is 6.43 Å². The largest absolute Gasteiger partial charge is 0.399 e. The molecule has 0 unspecified atom stereocenters. The van der Waals surface area contributed by atoms with Gasteiger partial charge in [0.1, 0.15) is 0 Å². The number of nitrogens with two attached hydrogens (primary N) is 1. The van der Waals surface area contributed by atoms with Crippen LogP contribution in [0.1, 0.15) is 12.0 Å². The van der Waals surface area contributed by atoms with Crippen molar-refractivity contribution in [3.8, 4) is 0 Å². The molecule has 2 N–H and O–H groups in total. The molecule has 0 radical (unpaired) electrons. The van der Waals surface area contributed by atoms with E-state index in [9.17, 15) is 8.78 Å². The van der Waals surface area contributed by atoms with Gasteiger partial charge in [-0.1, -0.05) is 11.6 Å². The van der Waals surface area contributed by atoms with Crippen molar-refractivity contribution in [3.63, 3.8) is 0 Å². The van der Waals surface area contributed by atoms with Crippen LogP contribution in [-0.2, 0) is 0 Å². The molecule has 0 aliphatic carbocycles. The third kappa shape index (κ3) is 1.80. The van der Waals surface area contributed by atoms with E-state index >= 15 is 0 Å². The van der Waals surface area contributed by atoms with E-state index in [1.54, 1.807) is 0 Å². The molecule has 0 aromatic heterocycles. The van der Waals surface area contributed by atoms with Crippen LogP contribution in [-0.4, -0.2) is 0 Å². The average molecular weight is 178 g/mol. The number of hydrogen-bond acceptors (Lipinski definition) is 1. The van der Waals surface area contributed by atoms with Crippen LogP contribution in [0, 0.1) is 0 Å². The summed E-state index contributed by atoms with van der Waals surface area (Å²) in [6, 6.07) is 4.01. The first kappa shape index (κ1) is 8.27. The number of hydrogen-bond donors (Lipinski definition) is 1. The fourth-order valence-corrected chi connectivity index (χ4v) is 0.929. The molecule has 0 heterocycles. The van der Waals surface area contributed by atoms with Gasteiger partial charge in [0.05, 0.1) is 0 Å². The Morgan fingerprint density at radius 1 is 1.36 bits per heavy atom. The van der Waals surface area contributed by atoms with Crippen LogP contribution < -0.4 is 5.73 Å². The summed E-state index contributed by atoms with van der Waals surface area (Å²) in [5.74, 6) is 0. The van der Waals surface area contributed by atoms with Crippen LogP contribution in [0.15, 0.2) is 18.2 Å². The lowest BCUT2D eigenvalue weighted by molar-refractivity contribution is 0.151. The predicted octanol–water partition coefficient (Wildman–Crippen LogP) is 2.86. The number of alkyl halides is 2. The van der Waals surface area contributed by atoms with Crippen molar-refractivity contribution in [2.45, 2.75) is 6.43 Å². The second-order valence-corrected chi connectivity index (χ2v) is 2.49.